The van der Waals surface area contributed by atoms with Gasteiger partial charge in [-0.25, -0.2) is 17.6 Å². The maximum Gasteiger partial charge on any atom is 0.319 e. The molecule has 0 saturated carbocycles. The number of carbonyl (C=O) groups is 1. The number of piperidine rings is 1. The predicted octanol–water partition coefficient (Wildman–Crippen LogP) is 5.26. The van der Waals surface area contributed by atoms with Crippen molar-refractivity contribution >= 4 is 5.91 Å². The molecule has 2 rings (SSSR count). The second-order valence-corrected chi connectivity index (χ2v) is 9.24. The lowest BCUT2D eigenvalue weighted by Gasteiger charge is -2.33. The zero-order chi connectivity index (χ0) is 24.1. The van der Waals surface area contributed by atoms with Crippen molar-refractivity contribution in [2.75, 3.05) is 26.2 Å². The van der Waals surface area contributed by atoms with E-state index in [1.807, 2.05) is 0 Å². The molecular weight excluding hydrogens is 438 g/mol. The molecule has 1 heterocycles. The van der Waals surface area contributed by atoms with Crippen LogP contribution in [0.15, 0.2) is 12.1 Å². The zero-order valence-corrected chi connectivity index (χ0v) is 18.5. The maximum absolute atomic E-state index is 14.3. The zero-order valence-electron chi connectivity index (χ0n) is 18.5. The first-order chi connectivity index (χ1) is 14.8. The van der Waals surface area contributed by atoms with Gasteiger partial charge in [0.1, 0.15) is 22.9 Å². The summed E-state index contributed by atoms with van der Waals surface area (Å²) in [7, 11) is 0. The van der Waals surface area contributed by atoms with Crippen LogP contribution in [0.4, 0.5) is 26.3 Å². The minimum Gasteiger partial charge on any atom is -0.493 e. The molecular formula is C22H30F6N2O2. The number of nitrogens with zero attached hydrogens (tertiary/aromatic N) is 1. The van der Waals surface area contributed by atoms with E-state index in [2.05, 4.69) is 5.32 Å². The highest BCUT2D eigenvalue weighted by atomic mass is 19.3. The standard InChI is InChI=1S/C22H30F6N2O2/c1-21(2,3)29-19(31)18-16(23)11-15(12-17(18)24)32-10-4-5-14-6-8-30(9-7-14)13-22(27,28)20(25)26/h11-12,14,20H,4-10,13H2,1-3H3,(H,29,31). The van der Waals surface area contributed by atoms with Crippen LogP contribution in [0.5, 0.6) is 5.75 Å². The largest absolute Gasteiger partial charge is 0.493 e. The fourth-order valence-corrected chi connectivity index (χ4v) is 3.62. The number of carbonyl (C=O) groups excluding carboxylic acids is 1. The van der Waals surface area contributed by atoms with E-state index in [4.69, 9.17) is 4.74 Å². The third-order valence-corrected chi connectivity index (χ3v) is 5.22. The van der Waals surface area contributed by atoms with Crippen LogP contribution >= 0.6 is 0 Å². The number of likely N-dealkylation sites (tertiary alicyclic amines) is 1. The van der Waals surface area contributed by atoms with E-state index in [-0.39, 0.29) is 18.3 Å². The van der Waals surface area contributed by atoms with E-state index in [1.165, 1.54) is 4.90 Å². The lowest BCUT2D eigenvalue weighted by atomic mass is 9.92. The lowest BCUT2D eigenvalue weighted by molar-refractivity contribution is -0.144. The number of hydrogen-bond acceptors (Lipinski definition) is 3. The van der Waals surface area contributed by atoms with E-state index < -0.39 is 47.5 Å². The molecule has 0 radical (unpaired) electrons. The predicted molar refractivity (Wildman–Crippen MR) is 108 cm³/mol. The Labute approximate surface area is 184 Å². The monoisotopic (exact) mass is 468 g/mol. The molecule has 1 aromatic rings. The fraction of sp³-hybridized carbons (Fsp3) is 0.682. The van der Waals surface area contributed by atoms with Gasteiger partial charge in [-0.15, -0.1) is 0 Å². The Balaban J connectivity index is 1.76. The minimum absolute atomic E-state index is 0.0311. The number of benzene rings is 1. The van der Waals surface area contributed by atoms with Gasteiger partial charge in [0, 0.05) is 17.7 Å². The lowest BCUT2D eigenvalue weighted by Crippen LogP contribution is -2.45. The van der Waals surface area contributed by atoms with E-state index in [0.717, 1.165) is 18.6 Å². The summed E-state index contributed by atoms with van der Waals surface area (Å²) in [6.45, 7) is 4.98. The van der Waals surface area contributed by atoms with E-state index >= 15 is 0 Å². The van der Waals surface area contributed by atoms with Gasteiger partial charge in [0.2, 0.25) is 0 Å². The molecule has 0 bridgehead atoms. The van der Waals surface area contributed by atoms with E-state index in [1.54, 1.807) is 20.8 Å². The van der Waals surface area contributed by atoms with Crippen LogP contribution in [0.3, 0.4) is 0 Å². The summed E-state index contributed by atoms with van der Waals surface area (Å²) in [5, 5.41) is 2.50. The molecule has 0 aromatic heterocycles. The van der Waals surface area contributed by atoms with Crippen molar-refractivity contribution < 1.29 is 35.9 Å². The van der Waals surface area contributed by atoms with Gasteiger partial charge in [-0.3, -0.25) is 9.69 Å². The van der Waals surface area contributed by atoms with Gasteiger partial charge in [0.25, 0.3) is 5.91 Å². The number of amides is 1. The van der Waals surface area contributed by atoms with Crippen LogP contribution < -0.4 is 10.1 Å². The Morgan fingerprint density at radius 3 is 2.22 bits per heavy atom. The van der Waals surface area contributed by atoms with Crippen LogP contribution in [-0.2, 0) is 0 Å². The molecule has 182 valence electrons. The smallest absolute Gasteiger partial charge is 0.319 e. The van der Waals surface area contributed by atoms with Gasteiger partial charge >= 0.3 is 12.3 Å². The van der Waals surface area contributed by atoms with Gasteiger partial charge in [0.05, 0.1) is 13.2 Å². The number of halogens is 6. The van der Waals surface area contributed by atoms with Gasteiger partial charge in [0.15, 0.2) is 0 Å². The molecule has 1 N–H and O–H groups in total. The summed E-state index contributed by atoms with van der Waals surface area (Å²) in [4.78, 5) is 13.4. The summed E-state index contributed by atoms with van der Waals surface area (Å²) in [5.74, 6) is -6.68. The number of alkyl halides is 4. The fourth-order valence-electron chi connectivity index (χ4n) is 3.62. The molecule has 1 fully saturated rings. The minimum atomic E-state index is -4.01. The molecule has 1 aromatic carbocycles. The molecule has 0 spiro atoms. The number of hydrogen-bond donors (Lipinski definition) is 1. The SMILES string of the molecule is CC(C)(C)NC(=O)c1c(F)cc(OCCCC2CCN(CC(F)(F)C(F)F)CC2)cc1F. The number of ether oxygens (including phenoxy) is 1. The Bertz CT molecular complexity index is 751. The number of rotatable bonds is 9. The van der Waals surface area contributed by atoms with Crippen LogP contribution in [-0.4, -0.2) is 54.9 Å². The van der Waals surface area contributed by atoms with Gasteiger partial charge in [-0.2, -0.15) is 8.78 Å². The van der Waals surface area contributed by atoms with Crippen molar-refractivity contribution in [2.45, 2.75) is 64.3 Å². The molecule has 0 atom stereocenters. The first-order valence-corrected chi connectivity index (χ1v) is 10.6. The quantitative estimate of drug-likeness (QED) is 0.397. The third kappa shape index (κ3) is 7.86. The highest BCUT2D eigenvalue weighted by Gasteiger charge is 2.42. The van der Waals surface area contributed by atoms with E-state index in [9.17, 15) is 31.1 Å². The number of nitrogens with one attached hydrogen (secondary N) is 1. The second-order valence-electron chi connectivity index (χ2n) is 9.24. The third-order valence-electron chi connectivity index (χ3n) is 5.22. The maximum atomic E-state index is 14.3. The summed E-state index contributed by atoms with van der Waals surface area (Å²) in [6, 6.07) is 1.92. The molecule has 32 heavy (non-hydrogen) atoms. The Morgan fingerprint density at radius 1 is 1.16 bits per heavy atom. The average molecular weight is 468 g/mol. The van der Waals surface area contributed by atoms with Crippen molar-refractivity contribution in [2.24, 2.45) is 5.92 Å². The normalized spacial score (nSPS) is 16.4. The molecule has 1 saturated heterocycles. The van der Waals surface area contributed by atoms with Gasteiger partial charge in [-0.05, 0) is 65.5 Å². The molecule has 0 aliphatic carbocycles. The molecule has 10 heteroatoms. The Kier molecular flexibility index (Phi) is 8.84. The second kappa shape index (κ2) is 10.8. The van der Waals surface area contributed by atoms with Crippen LogP contribution in [0.1, 0.15) is 56.8 Å². The van der Waals surface area contributed by atoms with Crippen molar-refractivity contribution in [3.63, 3.8) is 0 Å². The van der Waals surface area contributed by atoms with E-state index in [0.29, 0.717) is 32.4 Å². The van der Waals surface area contributed by atoms with Crippen molar-refractivity contribution in [1.82, 2.24) is 10.2 Å². The average Bonchev–Trinajstić information content (AvgIpc) is 2.64. The molecule has 1 aliphatic rings. The van der Waals surface area contributed by atoms with Crippen LogP contribution in [0.25, 0.3) is 0 Å². The highest BCUT2D eigenvalue weighted by molar-refractivity contribution is 5.95. The molecule has 0 unspecified atom stereocenters. The van der Waals surface area contributed by atoms with Gasteiger partial charge in [-0.1, -0.05) is 0 Å². The summed E-state index contributed by atoms with van der Waals surface area (Å²) < 4.78 is 84.8. The van der Waals surface area contributed by atoms with Crippen molar-refractivity contribution in [1.29, 1.82) is 0 Å². The van der Waals surface area contributed by atoms with Crippen LogP contribution in [0.2, 0.25) is 0 Å². The Hall–Kier alpha value is -1.97. The van der Waals surface area contributed by atoms with Crippen molar-refractivity contribution in [3.8, 4) is 5.75 Å². The van der Waals surface area contributed by atoms with Gasteiger partial charge < -0.3 is 10.1 Å². The summed E-state index contributed by atoms with van der Waals surface area (Å²) >= 11 is 0. The topological polar surface area (TPSA) is 41.6 Å². The first-order valence-electron chi connectivity index (χ1n) is 10.6. The van der Waals surface area contributed by atoms with Crippen molar-refractivity contribution in [3.05, 3.63) is 29.3 Å². The summed E-state index contributed by atoms with van der Waals surface area (Å²) in [5.41, 5.74) is -1.32. The highest BCUT2D eigenvalue weighted by Crippen LogP contribution is 2.28. The summed E-state index contributed by atoms with van der Waals surface area (Å²) in [6.07, 6.45) is -1.15. The molecule has 1 aliphatic heterocycles. The Morgan fingerprint density at radius 2 is 1.72 bits per heavy atom. The molecule has 4 nitrogen and oxygen atoms in total. The van der Waals surface area contributed by atoms with Crippen LogP contribution in [0, 0.1) is 17.6 Å². The first kappa shape index (κ1) is 26.3. The molecule has 1 amide bonds.